The van der Waals surface area contributed by atoms with E-state index in [0.717, 1.165) is 56.9 Å². The molecule has 0 aromatic heterocycles. The van der Waals surface area contributed by atoms with Crippen LogP contribution >= 0.6 is 0 Å². The lowest BCUT2D eigenvalue weighted by Gasteiger charge is -2.25. The average Bonchev–Trinajstić information content (AvgIpc) is 3.01. The van der Waals surface area contributed by atoms with E-state index in [9.17, 15) is 18.3 Å². The van der Waals surface area contributed by atoms with Crippen LogP contribution in [0.1, 0.15) is 109 Å². The zero-order valence-corrected chi connectivity index (χ0v) is 28.2. The van der Waals surface area contributed by atoms with Crippen LogP contribution in [0.4, 0.5) is 0 Å². The number of aliphatic hydroxyl groups is 2. The maximum Gasteiger partial charge on any atom is 0.165 e. The number of unbranched alkanes of at least 4 members (excludes halogenated alkanes) is 1. The molecule has 0 bridgehead atoms. The molecule has 1 aliphatic carbocycles. The molecule has 6 heteroatoms. The van der Waals surface area contributed by atoms with Crippen molar-refractivity contribution in [3.63, 3.8) is 0 Å². The van der Waals surface area contributed by atoms with Gasteiger partial charge in [0.05, 0.1) is 5.25 Å². The molecule has 3 aromatic carbocycles. The summed E-state index contributed by atoms with van der Waals surface area (Å²) >= 11 is 0. The van der Waals surface area contributed by atoms with Crippen molar-refractivity contribution in [1.29, 1.82) is 0 Å². The van der Waals surface area contributed by atoms with Gasteiger partial charge in [0.2, 0.25) is 0 Å². The number of carbonyl (C=O) groups excluding carboxylic acids is 1. The van der Waals surface area contributed by atoms with Gasteiger partial charge in [-0.15, -0.1) is 0 Å². The van der Waals surface area contributed by atoms with Gasteiger partial charge in [0, 0.05) is 31.0 Å². The Balaban J connectivity index is 1.46. The Morgan fingerprint density at radius 2 is 1.64 bits per heavy atom. The van der Waals surface area contributed by atoms with Gasteiger partial charge in [-0.2, -0.15) is 0 Å². The summed E-state index contributed by atoms with van der Waals surface area (Å²) in [5, 5.41) is 18.2. The number of fused-ring (bicyclic) bond motifs is 1. The third-order valence-corrected chi connectivity index (χ3v) is 11.4. The molecule has 0 fully saturated rings. The highest BCUT2D eigenvalue weighted by Gasteiger charge is 2.25. The summed E-state index contributed by atoms with van der Waals surface area (Å²) in [6.07, 6.45) is 11.2. The van der Waals surface area contributed by atoms with Gasteiger partial charge in [0.1, 0.15) is 0 Å². The first-order valence-electron chi connectivity index (χ1n) is 16.9. The van der Waals surface area contributed by atoms with Gasteiger partial charge in [-0.05, 0) is 116 Å². The predicted molar refractivity (Wildman–Crippen MR) is 185 cm³/mol. The fourth-order valence-corrected chi connectivity index (χ4v) is 8.05. The van der Waals surface area contributed by atoms with Gasteiger partial charge in [0.15, 0.2) is 15.6 Å². The zero-order valence-electron chi connectivity index (χ0n) is 27.4. The van der Waals surface area contributed by atoms with Gasteiger partial charge in [-0.25, -0.2) is 8.42 Å². The Morgan fingerprint density at radius 1 is 0.911 bits per heavy atom. The molecule has 4 rings (SSSR count). The van der Waals surface area contributed by atoms with Crippen LogP contribution in [0.15, 0.2) is 60.7 Å². The van der Waals surface area contributed by atoms with Gasteiger partial charge in [-0.1, -0.05) is 80.4 Å². The predicted octanol–water partition coefficient (Wildman–Crippen LogP) is 7.81. The second-order valence-electron chi connectivity index (χ2n) is 13.2. The Morgan fingerprint density at radius 3 is 2.36 bits per heavy atom. The quantitative estimate of drug-likeness (QED) is 0.132. The lowest BCUT2D eigenvalue weighted by molar-refractivity contribution is 0.0896. The van der Waals surface area contributed by atoms with Crippen LogP contribution in [0.5, 0.6) is 0 Å². The van der Waals surface area contributed by atoms with Crippen molar-refractivity contribution < 1.29 is 23.4 Å². The van der Waals surface area contributed by atoms with Crippen molar-refractivity contribution in [2.45, 2.75) is 102 Å². The second kappa shape index (κ2) is 16.7. The molecule has 0 saturated heterocycles. The fraction of sp³-hybridized carbons (Fsp3) is 0.513. The standard InChI is InChI=1S/C39H52O5S/c1-28(36-15-8-11-34-27-35(45(3,43)44)13-4-5-14-37(34)36)16-18-30-19-17-29(2)38(26-30)31-20-22-33(23-21-31)39(42)32(12-9-25-41)10-6-7-24-40/h8,11,15,17,19-23,26,28,32,35,40-41H,4-7,9-10,12-14,16,18,24-25,27H2,1-3H3. The number of hydrogen-bond donors (Lipinski definition) is 2. The Kier molecular flexibility index (Phi) is 13.0. The SMILES string of the molecule is Cc1ccc(CCC(C)c2cccc3c2CCCCC(S(C)(=O)=O)C3)cc1-c1ccc(C(=O)C(CCCO)CCCCO)cc1. The maximum atomic E-state index is 13.3. The molecule has 0 heterocycles. The summed E-state index contributed by atoms with van der Waals surface area (Å²) in [6, 6.07) is 21.1. The van der Waals surface area contributed by atoms with Crippen molar-refractivity contribution in [3.8, 4) is 11.1 Å². The number of hydrogen-bond acceptors (Lipinski definition) is 5. The summed E-state index contributed by atoms with van der Waals surface area (Å²) in [7, 11) is -3.07. The fourth-order valence-electron chi connectivity index (χ4n) is 6.97. The number of aliphatic hydroxyl groups excluding tert-OH is 2. The van der Waals surface area contributed by atoms with Crippen LogP contribution in [0, 0.1) is 12.8 Å². The first-order valence-corrected chi connectivity index (χ1v) is 18.8. The minimum Gasteiger partial charge on any atom is -0.396 e. The largest absolute Gasteiger partial charge is 0.396 e. The Labute approximate surface area is 271 Å². The van der Waals surface area contributed by atoms with E-state index in [1.54, 1.807) is 0 Å². The summed E-state index contributed by atoms with van der Waals surface area (Å²) in [5.41, 5.74) is 9.39. The molecule has 3 aromatic rings. The number of sulfone groups is 1. The Hall–Kier alpha value is -2.80. The van der Waals surface area contributed by atoms with E-state index in [-0.39, 0.29) is 30.2 Å². The highest BCUT2D eigenvalue weighted by molar-refractivity contribution is 7.91. The van der Waals surface area contributed by atoms with Crippen LogP contribution in [0.2, 0.25) is 0 Å². The van der Waals surface area contributed by atoms with Gasteiger partial charge in [0.25, 0.3) is 0 Å². The van der Waals surface area contributed by atoms with Gasteiger partial charge < -0.3 is 10.2 Å². The molecular weight excluding hydrogens is 580 g/mol. The molecule has 0 spiro atoms. The van der Waals surface area contributed by atoms with E-state index in [2.05, 4.69) is 50.2 Å². The maximum absolute atomic E-state index is 13.3. The van der Waals surface area contributed by atoms with E-state index in [1.807, 2.05) is 24.3 Å². The van der Waals surface area contributed by atoms with E-state index in [1.165, 1.54) is 39.6 Å². The molecule has 0 amide bonds. The molecule has 2 N–H and O–H groups in total. The minimum atomic E-state index is -3.07. The lowest BCUT2D eigenvalue weighted by Crippen LogP contribution is -2.25. The lowest BCUT2D eigenvalue weighted by atomic mass is 9.83. The van der Waals surface area contributed by atoms with Crippen LogP contribution in [0.3, 0.4) is 0 Å². The van der Waals surface area contributed by atoms with Crippen LogP contribution < -0.4 is 0 Å². The molecule has 3 atom stereocenters. The van der Waals surface area contributed by atoms with Crippen LogP contribution in [0.25, 0.3) is 11.1 Å². The molecule has 1 aliphatic rings. The second-order valence-corrected chi connectivity index (χ2v) is 15.5. The number of ketones is 1. The first kappa shape index (κ1) is 35.1. The third kappa shape index (κ3) is 9.60. The molecule has 244 valence electrons. The molecule has 0 radical (unpaired) electrons. The summed E-state index contributed by atoms with van der Waals surface area (Å²) in [5.74, 6) is 0.350. The third-order valence-electron chi connectivity index (χ3n) is 9.79. The van der Waals surface area contributed by atoms with Crippen molar-refractivity contribution in [1.82, 2.24) is 0 Å². The van der Waals surface area contributed by atoms with E-state index < -0.39 is 9.84 Å². The smallest absolute Gasteiger partial charge is 0.165 e. The molecular formula is C39H52O5S. The van der Waals surface area contributed by atoms with Crippen molar-refractivity contribution in [2.24, 2.45) is 5.92 Å². The zero-order chi connectivity index (χ0) is 32.4. The molecule has 45 heavy (non-hydrogen) atoms. The number of rotatable bonds is 15. The molecule has 0 saturated carbocycles. The number of carbonyl (C=O) groups is 1. The van der Waals surface area contributed by atoms with Gasteiger partial charge >= 0.3 is 0 Å². The summed E-state index contributed by atoms with van der Waals surface area (Å²) in [6.45, 7) is 4.63. The molecule has 3 unspecified atom stereocenters. The van der Waals surface area contributed by atoms with Crippen molar-refractivity contribution >= 4 is 15.6 Å². The summed E-state index contributed by atoms with van der Waals surface area (Å²) in [4.78, 5) is 13.3. The highest BCUT2D eigenvalue weighted by atomic mass is 32.2. The van der Waals surface area contributed by atoms with Gasteiger partial charge in [-0.3, -0.25) is 4.79 Å². The Bertz CT molecular complexity index is 1510. The van der Waals surface area contributed by atoms with Crippen LogP contribution in [-0.4, -0.2) is 49.1 Å². The van der Waals surface area contributed by atoms with E-state index >= 15 is 0 Å². The normalized spacial score (nSPS) is 16.8. The number of Topliss-reactive ketones (excluding diaryl/α,β-unsaturated/α-hetero) is 1. The van der Waals surface area contributed by atoms with Crippen LogP contribution in [-0.2, 0) is 29.1 Å². The minimum absolute atomic E-state index is 0.0798. The first-order chi connectivity index (χ1) is 21.6. The molecule has 0 aliphatic heterocycles. The summed E-state index contributed by atoms with van der Waals surface area (Å²) < 4.78 is 24.8. The molecule has 5 nitrogen and oxygen atoms in total. The topological polar surface area (TPSA) is 91.7 Å². The average molecular weight is 633 g/mol. The monoisotopic (exact) mass is 632 g/mol. The van der Waals surface area contributed by atoms with Crippen molar-refractivity contribution in [3.05, 3.63) is 94.0 Å². The van der Waals surface area contributed by atoms with Crippen molar-refractivity contribution in [2.75, 3.05) is 19.5 Å². The van der Waals surface area contributed by atoms with E-state index in [0.29, 0.717) is 37.2 Å². The number of aryl methyl sites for hydroxylation is 2. The highest BCUT2D eigenvalue weighted by Crippen LogP contribution is 2.33. The number of benzene rings is 3. The van der Waals surface area contributed by atoms with E-state index in [4.69, 9.17) is 5.11 Å².